The molecule has 0 fully saturated rings. The second-order valence-electron chi connectivity index (χ2n) is 3.11. The van der Waals surface area contributed by atoms with Gasteiger partial charge in [0.25, 0.3) is 0 Å². The van der Waals surface area contributed by atoms with Crippen LogP contribution in [0.1, 0.15) is 9.67 Å². The van der Waals surface area contributed by atoms with Crippen LogP contribution >= 0.6 is 21.4 Å². The lowest BCUT2D eigenvalue weighted by Gasteiger charge is -2.22. The monoisotopic (exact) mass is 188 g/mol. The van der Waals surface area contributed by atoms with E-state index in [0.717, 1.165) is 11.2 Å². The normalized spacial score (nSPS) is 13.0. The van der Waals surface area contributed by atoms with Gasteiger partial charge in [-0.15, -0.1) is 11.3 Å². The summed E-state index contributed by atoms with van der Waals surface area (Å²) in [5.41, 5.74) is 0. The predicted octanol–water partition coefficient (Wildman–Crippen LogP) is 2.61. The van der Waals surface area contributed by atoms with E-state index in [-0.39, 0.29) is 0 Å². The average molecular weight is 188 g/mol. The van der Waals surface area contributed by atoms with E-state index in [4.69, 9.17) is 0 Å². The highest BCUT2D eigenvalue weighted by atomic mass is 32.3. The highest BCUT2D eigenvalue weighted by Crippen LogP contribution is 2.48. The minimum absolute atomic E-state index is 0.632. The van der Waals surface area contributed by atoms with Gasteiger partial charge in [-0.1, -0.05) is 0 Å². The van der Waals surface area contributed by atoms with Crippen LogP contribution < -0.4 is 0 Å². The lowest BCUT2D eigenvalue weighted by Crippen LogP contribution is -1.87. The standard InChI is InChI=1S/C8H12OS2/c1-11(2,3)8-5-4-7(6-9)10-8/h4-6H,1-3H3. The first-order chi connectivity index (χ1) is 5.04. The molecule has 3 heteroatoms. The Bertz CT molecular complexity index is 257. The summed E-state index contributed by atoms with van der Waals surface area (Å²) in [7, 11) is -0.632. The summed E-state index contributed by atoms with van der Waals surface area (Å²) in [6.45, 7) is 0. The fourth-order valence-electron chi connectivity index (χ4n) is 0.727. The van der Waals surface area contributed by atoms with E-state index in [1.165, 1.54) is 4.21 Å². The molecular weight excluding hydrogens is 176 g/mol. The summed E-state index contributed by atoms with van der Waals surface area (Å²) >= 11 is 1.61. The van der Waals surface area contributed by atoms with E-state index < -0.39 is 10.0 Å². The summed E-state index contributed by atoms with van der Waals surface area (Å²) < 4.78 is 1.35. The lowest BCUT2D eigenvalue weighted by atomic mass is 10.5. The Labute approximate surface area is 72.8 Å². The second-order valence-corrected chi connectivity index (χ2v) is 8.60. The van der Waals surface area contributed by atoms with Crippen LogP contribution in [-0.4, -0.2) is 25.1 Å². The zero-order valence-corrected chi connectivity index (χ0v) is 8.59. The third-order valence-corrected chi connectivity index (χ3v) is 5.22. The summed E-state index contributed by atoms with van der Waals surface area (Å²) in [6, 6.07) is 3.95. The second kappa shape index (κ2) is 2.99. The molecule has 0 aromatic carbocycles. The van der Waals surface area contributed by atoms with Gasteiger partial charge in [-0.2, -0.15) is 0 Å². The van der Waals surface area contributed by atoms with Gasteiger partial charge in [0.15, 0.2) is 6.29 Å². The van der Waals surface area contributed by atoms with E-state index in [1.807, 2.05) is 6.07 Å². The van der Waals surface area contributed by atoms with Crippen LogP contribution in [0.25, 0.3) is 0 Å². The first-order valence-corrected chi connectivity index (χ1v) is 6.95. The van der Waals surface area contributed by atoms with Crippen molar-refractivity contribution in [2.75, 3.05) is 18.8 Å². The van der Waals surface area contributed by atoms with Gasteiger partial charge in [0, 0.05) is 4.21 Å². The fourth-order valence-corrected chi connectivity index (χ4v) is 3.04. The molecule has 0 amide bonds. The maximum Gasteiger partial charge on any atom is 0.160 e. The van der Waals surface area contributed by atoms with Crippen molar-refractivity contribution in [2.45, 2.75) is 4.21 Å². The van der Waals surface area contributed by atoms with Gasteiger partial charge in [-0.25, -0.2) is 10.0 Å². The molecule has 0 saturated carbocycles. The van der Waals surface area contributed by atoms with Crippen LogP contribution in [0.15, 0.2) is 16.3 Å². The minimum Gasteiger partial charge on any atom is -0.297 e. The molecular formula is C8H12OS2. The van der Waals surface area contributed by atoms with Crippen LogP contribution in [0.2, 0.25) is 0 Å². The Morgan fingerprint density at radius 1 is 1.36 bits per heavy atom. The van der Waals surface area contributed by atoms with Crippen LogP contribution in [0.5, 0.6) is 0 Å². The molecule has 1 aromatic heterocycles. The minimum atomic E-state index is -0.632. The van der Waals surface area contributed by atoms with E-state index in [9.17, 15) is 4.79 Å². The summed E-state index contributed by atoms with van der Waals surface area (Å²) in [4.78, 5) is 11.2. The maximum atomic E-state index is 10.4. The highest BCUT2D eigenvalue weighted by Gasteiger charge is 2.10. The zero-order chi connectivity index (χ0) is 8.48. The zero-order valence-electron chi connectivity index (χ0n) is 6.96. The van der Waals surface area contributed by atoms with Crippen molar-refractivity contribution < 1.29 is 4.79 Å². The number of carbonyl (C=O) groups is 1. The molecule has 1 heterocycles. The van der Waals surface area contributed by atoms with Gasteiger partial charge in [0.05, 0.1) is 4.88 Å². The number of aldehydes is 1. The van der Waals surface area contributed by atoms with Crippen molar-refractivity contribution in [3.63, 3.8) is 0 Å². The third-order valence-electron chi connectivity index (χ3n) is 1.32. The molecule has 0 saturated heterocycles. The van der Waals surface area contributed by atoms with Gasteiger partial charge in [0.1, 0.15) is 0 Å². The van der Waals surface area contributed by atoms with Crippen molar-refractivity contribution in [1.29, 1.82) is 0 Å². The van der Waals surface area contributed by atoms with Crippen molar-refractivity contribution in [2.24, 2.45) is 0 Å². The third kappa shape index (κ3) is 2.07. The smallest absolute Gasteiger partial charge is 0.160 e. The predicted molar refractivity (Wildman–Crippen MR) is 53.3 cm³/mol. The molecule has 0 aliphatic carbocycles. The number of hydrogen-bond donors (Lipinski definition) is 0. The van der Waals surface area contributed by atoms with E-state index in [1.54, 1.807) is 11.3 Å². The fraction of sp³-hybridized carbons (Fsp3) is 0.375. The molecule has 1 nitrogen and oxygen atoms in total. The molecule has 0 radical (unpaired) electrons. The summed E-state index contributed by atoms with van der Waals surface area (Å²) in [5, 5.41) is 0. The SMILES string of the molecule is CS(C)(C)c1ccc(C=O)s1. The van der Waals surface area contributed by atoms with Crippen molar-refractivity contribution >= 4 is 27.7 Å². The molecule has 0 spiro atoms. The molecule has 11 heavy (non-hydrogen) atoms. The van der Waals surface area contributed by atoms with Crippen LogP contribution in [0.4, 0.5) is 0 Å². The number of thiophene rings is 1. The van der Waals surface area contributed by atoms with E-state index in [2.05, 4.69) is 24.8 Å². The highest BCUT2D eigenvalue weighted by molar-refractivity contribution is 8.33. The Kier molecular flexibility index (Phi) is 2.40. The molecule has 0 aliphatic rings. The molecule has 1 rings (SSSR count). The van der Waals surface area contributed by atoms with Crippen LogP contribution in [-0.2, 0) is 0 Å². The van der Waals surface area contributed by atoms with Crippen LogP contribution in [0, 0.1) is 0 Å². The molecule has 0 bridgehead atoms. The van der Waals surface area contributed by atoms with E-state index >= 15 is 0 Å². The van der Waals surface area contributed by atoms with Gasteiger partial charge >= 0.3 is 0 Å². The van der Waals surface area contributed by atoms with Crippen molar-refractivity contribution in [1.82, 2.24) is 0 Å². The summed E-state index contributed by atoms with van der Waals surface area (Å²) in [5.74, 6) is 0. The Hall–Kier alpha value is -0.280. The topological polar surface area (TPSA) is 17.1 Å². The van der Waals surface area contributed by atoms with Gasteiger partial charge in [-0.3, -0.25) is 4.79 Å². The van der Waals surface area contributed by atoms with Crippen molar-refractivity contribution in [3.05, 3.63) is 17.0 Å². The average Bonchev–Trinajstić information content (AvgIpc) is 2.32. The Balaban J connectivity index is 2.98. The lowest BCUT2D eigenvalue weighted by molar-refractivity contribution is 0.112. The van der Waals surface area contributed by atoms with Crippen LogP contribution in [0.3, 0.4) is 0 Å². The van der Waals surface area contributed by atoms with Crippen molar-refractivity contribution in [3.8, 4) is 0 Å². The molecule has 0 N–H and O–H groups in total. The van der Waals surface area contributed by atoms with Gasteiger partial charge in [0.2, 0.25) is 0 Å². The number of rotatable bonds is 2. The quantitative estimate of drug-likeness (QED) is 0.652. The van der Waals surface area contributed by atoms with Gasteiger partial charge < -0.3 is 0 Å². The van der Waals surface area contributed by atoms with Gasteiger partial charge in [-0.05, 0) is 30.9 Å². The molecule has 0 atom stereocenters. The first-order valence-electron chi connectivity index (χ1n) is 3.27. The number of carbonyl (C=O) groups excluding carboxylic acids is 1. The molecule has 62 valence electrons. The number of hydrogen-bond acceptors (Lipinski definition) is 2. The largest absolute Gasteiger partial charge is 0.297 e. The first kappa shape index (κ1) is 8.81. The Morgan fingerprint density at radius 3 is 2.27 bits per heavy atom. The maximum absolute atomic E-state index is 10.4. The molecule has 1 aromatic rings. The Morgan fingerprint density at radius 2 is 2.00 bits per heavy atom. The van der Waals surface area contributed by atoms with E-state index in [0.29, 0.717) is 0 Å². The molecule has 0 unspecified atom stereocenters. The molecule has 0 aliphatic heterocycles. The summed E-state index contributed by atoms with van der Waals surface area (Å²) in [6.07, 6.45) is 7.60.